The predicted octanol–water partition coefficient (Wildman–Crippen LogP) is 3.20. The average molecular weight is 304 g/mol. The summed E-state index contributed by atoms with van der Waals surface area (Å²) in [7, 11) is 3.27. The number of nitrogens with zero attached hydrogens (tertiary/aromatic N) is 3. The first-order chi connectivity index (χ1) is 10.2. The van der Waals surface area contributed by atoms with Gasteiger partial charge in [0.2, 0.25) is 0 Å². The van der Waals surface area contributed by atoms with Crippen LogP contribution in [0.5, 0.6) is 5.75 Å². The molecular formula is C15H14ClN3O2. The number of rotatable bonds is 4. The number of hydrogen-bond donors (Lipinski definition) is 0. The zero-order chi connectivity index (χ0) is 14.8. The molecule has 0 saturated heterocycles. The van der Waals surface area contributed by atoms with Gasteiger partial charge >= 0.3 is 0 Å². The number of fused-ring (bicyclic) bond motifs is 1. The highest BCUT2D eigenvalue weighted by Gasteiger charge is 2.09. The Morgan fingerprint density at radius 2 is 1.90 bits per heavy atom. The van der Waals surface area contributed by atoms with Gasteiger partial charge in [0, 0.05) is 24.8 Å². The molecule has 0 atom stereocenters. The van der Waals surface area contributed by atoms with Gasteiger partial charge in [0.1, 0.15) is 10.9 Å². The standard InChI is InChI=1S/C15H14ClN3O2/c1-20-9-11-7-15-17-13(8-14(16)19(15)18-11)10-3-5-12(21-2)6-4-10/h3-8H,9H2,1-2H3. The Balaban J connectivity index is 2.05. The SMILES string of the molecule is COCc1cc2nc(-c3ccc(OC)cc3)cc(Cl)n2n1. The van der Waals surface area contributed by atoms with Gasteiger partial charge in [-0.1, -0.05) is 11.6 Å². The van der Waals surface area contributed by atoms with Gasteiger partial charge in [0.25, 0.3) is 0 Å². The summed E-state index contributed by atoms with van der Waals surface area (Å²) >= 11 is 6.28. The van der Waals surface area contributed by atoms with Crippen LogP contribution in [-0.4, -0.2) is 28.8 Å². The molecule has 5 nitrogen and oxygen atoms in total. The molecule has 0 aliphatic carbocycles. The quantitative estimate of drug-likeness (QED) is 0.694. The second kappa shape index (κ2) is 5.71. The van der Waals surface area contributed by atoms with E-state index < -0.39 is 0 Å². The Kier molecular flexibility index (Phi) is 3.77. The topological polar surface area (TPSA) is 48.7 Å². The Morgan fingerprint density at radius 3 is 2.57 bits per heavy atom. The van der Waals surface area contributed by atoms with E-state index in [1.807, 2.05) is 30.3 Å². The molecule has 0 bridgehead atoms. The van der Waals surface area contributed by atoms with Crippen LogP contribution in [0.25, 0.3) is 16.9 Å². The third-order valence-electron chi connectivity index (χ3n) is 3.11. The van der Waals surface area contributed by atoms with Crippen molar-refractivity contribution in [3.63, 3.8) is 0 Å². The molecule has 0 fully saturated rings. The zero-order valence-electron chi connectivity index (χ0n) is 11.7. The van der Waals surface area contributed by atoms with E-state index in [9.17, 15) is 0 Å². The van der Waals surface area contributed by atoms with Crippen molar-refractivity contribution in [1.29, 1.82) is 0 Å². The number of hydrogen-bond acceptors (Lipinski definition) is 4. The first-order valence-electron chi connectivity index (χ1n) is 6.40. The summed E-state index contributed by atoms with van der Waals surface area (Å²) in [5.41, 5.74) is 3.24. The van der Waals surface area contributed by atoms with Crippen LogP contribution in [0.15, 0.2) is 36.4 Å². The van der Waals surface area contributed by atoms with Gasteiger partial charge in [0.15, 0.2) is 5.65 Å². The van der Waals surface area contributed by atoms with Gasteiger partial charge in [0.05, 0.1) is 25.1 Å². The van der Waals surface area contributed by atoms with E-state index in [-0.39, 0.29) is 0 Å². The minimum atomic E-state index is 0.428. The van der Waals surface area contributed by atoms with Crippen molar-refractivity contribution < 1.29 is 9.47 Å². The lowest BCUT2D eigenvalue weighted by Gasteiger charge is -2.05. The third-order valence-corrected chi connectivity index (χ3v) is 3.38. The summed E-state index contributed by atoms with van der Waals surface area (Å²) in [6.07, 6.45) is 0. The molecule has 3 aromatic rings. The summed E-state index contributed by atoms with van der Waals surface area (Å²) in [5, 5.41) is 4.85. The highest BCUT2D eigenvalue weighted by molar-refractivity contribution is 6.30. The van der Waals surface area contributed by atoms with E-state index in [0.29, 0.717) is 17.4 Å². The van der Waals surface area contributed by atoms with Gasteiger partial charge in [-0.15, -0.1) is 0 Å². The van der Waals surface area contributed by atoms with Crippen molar-refractivity contribution in [3.05, 3.63) is 47.2 Å². The van der Waals surface area contributed by atoms with E-state index in [1.54, 1.807) is 24.8 Å². The van der Waals surface area contributed by atoms with Crippen molar-refractivity contribution in [2.24, 2.45) is 0 Å². The molecular weight excluding hydrogens is 290 g/mol. The Morgan fingerprint density at radius 1 is 1.14 bits per heavy atom. The number of ether oxygens (including phenoxy) is 2. The fourth-order valence-corrected chi connectivity index (χ4v) is 2.34. The van der Waals surface area contributed by atoms with E-state index in [2.05, 4.69) is 10.1 Å². The first kappa shape index (κ1) is 13.9. The van der Waals surface area contributed by atoms with Crippen LogP contribution in [0.4, 0.5) is 0 Å². The fraction of sp³-hybridized carbons (Fsp3) is 0.200. The minimum absolute atomic E-state index is 0.428. The van der Waals surface area contributed by atoms with Crippen LogP contribution in [0.2, 0.25) is 5.15 Å². The maximum Gasteiger partial charge on any atom is 0.157 e. The smallest absolute Gasteiger partial charge is 0.157 e. The molecule has 0 unspecified atom stereocenters. The lowest BCUT2D eigenvalue weighted by Crippen LogP contribution is -1.95. The van der Waals surface area contributed by atoms with Crippen molar-refractivity contribution >= 4 is 17.2 Å². The lowest BCUT2D eigenvalue weighted by atomic mass is 10.1. The molecule has 0 amide bonds. The predicted molar refractivity (Wildman–Crippen MR) is 80.7 cm³/mol. The highest BCUT2D eigenvalue weighted by Crippen LogP contribution is 2.24. The van der Waals surface area contributed by atoms with Crippen LogP contribution in [-0.2, 0) is 11.3 Å². The summed E-state index contributed by atoms with van der Waals surface area (Å²) in [5.74, 6) is 0.803. The van der Waals surface area contributed by atoms with E-state index in [0.717, 1.165) is 22.7 Å². The van der Waals surface area contributed by atoms with Crippen molar-refractivity contribution in [1.82, 2.24) is 14.6 Å². The summed E-state index contributed by atoms with van der Waals surface area (Å²) in [6, 6.07) is 11.3. The molecule has 1 aromatic carbocycles. The van der Waals surface area contributed by atoms with E-state index in [1.165, 1.54) is 0 Å². The normalized spacial score (nSPS) is 11.0. The Labute approximate surface area is 127 Å². The highest BCUT2D eigenvalue weighted by atomic mass is 35.5. The van der Waals surface area contributed by atoms with Crippen LogP contribution in [0.1, 0.15) is 5.69 Å². The van der Waals surface area contributed by atoms with E-state index >= 15 is 0 Å². The van der Waals surface area contributed by atoms with Crippen LogP contribution >= 0.6 is 11.6 Å². The second-order valence-electron chi connectivity index (χ2n) is 4.53. The van der Waals surface area contributed by atoms with Gasteiger partial charge in [-0.2, -0.15) is 5.10 Å². The zero-order valence-corrected chi connectivity index (χ0v) is 12.5. The lowest BCUT2D eigenvalue weighted by molar-refractivity contribution is 0.181. The summed E-state index contributed by atoms with van der Waals surface area (Å²) in [6.45, 7) is 0.428. The van der Waals surface area contributed by atoms with Gasteiger partial charge < -0.3 is 9.47 Å². The number of methoxy groups -OCH3 is 2. The van der Waals surface area contributed by atoms with Crippen LogP contribution in [0, 0.1) is 0 Å². The Hall–Kier alpha value is -2.11. The van der Waals surface area contributed by atoms with Gasteiger partial charge in [-0.05, 0) is 24.3 Å². The molecule has 0 N–H and O–H groups in total. The van der Waals surface area contributed by atoms with Crippen molar-refractivity contribution in [3.8, 4) is 17.0 Å². The van der Waals surface area contributed by atoms with Crippen LogP contribution in [0.3, 0.4) is 0 Å². The largest absolute Gasteiger partial charge is 0.497 e. The molecule has 2 aromatic heterocycles. The molecule has 0 saturated carbocycles. The molecule has 108 valence electrons. The maximum absolute atomic E-state index is 6.28. The number of benzene rings is 1. The van der Waals surface area contributed by atoms with Crippen molar-refractivity contribution in [2.45, 2.75) is 6.61 Å². The second-order valence-corrected chi connectivity index (χ2v) is 4.92. The number of halogens is 1. The first-order valence-corrected chi connectivity index (χ1v) is 6.77. The van der Waals surface area contributed by atoms with Gasteiger partial charge in [-0.25, -0.2) is 9.50 Å². The summed E-state index contributed by atoms with van der Waals surface area (Å²) < 4.78 is 11.8. The molecule has 0 radical (unpaired) electrons. The van der Waals surface area contributed by atoms with Crippen LogP contribution < -0.4 is 4.74 Å². The molecule has 3 rings (SSSR count). The molecule has 6 heteroatoms. The third kappa shape index (κ3) is 2.70. The molecule has 0 aliphatic heterocycles. The molecule has 2 heterocycles. The molecule has 0 spiro atoms. The Bertz CT molecular complexity index is 768. The fourth-order valence-electron chi connectivity index (χ4n) is 2.11. The van der Waals surface area contributed by atoms with Crippen molar-refractivity contribution in [2.75, 3.05) is 14.2 Å². The summed E-state index contributed by atoms with van der Waals surface area (Å²) in [4.78, 5) is 4.58. The maximum atomic E-state index is 6.28. The van der Waals surface area contributed by atoms with E-state index in [4.69, 9.17) is 21.1 Å². The van der Waals surface area contributed by atoms with Gasteiger partial charge in [-0.3, -0.25) is 0 Å². The molecule has 0 aliphatic rings. The monoisotopic (exact) mass is 303 g/mol. The minimum Gasteiger partial charge on any atom is -0.497 e. The molecule has 21 heavy (non-hydrogen) atoms. The number of aromatic nitrogens is 3. The average Bonchev–Trinajstić information content (AvgIpc) is 2.91.